The molecule has 0 radical (unpaired) electrons. The maximum atomic E-state index is 13.6. The Bertz CT molecular complexity index is 555. The number of rotatable bonds is 3. The van der Waals surface area contributed by atoms with Crippen LogP contribution in [-0.4, -0.2) is 11.5 Å². The highest BCUT2D eigenvalue weighted by Crippen LogP contribution is 2.27. The number of pyridine rings is 1. The fraction of sp³-hybridized carbons (Fsp3) is 0.308. The molecule has 0 atom stereocenters. The molecular formula is C13H14ClFN2. The van der Waals surface area contributed by atoms with Gasteiger partial charge in [0.05, 0.1) is 10.5 Å². The third kappa shape index (κ3) is 2.34. The first-order chi connectivity index (χ1) is 8.13. The topological polar surface area (TPSA) is 24.9 Å². The zero-order valence-electron chi connectivity index (χ0n) is 9.85. The van der Waals surface area contributed by atoms with Gasteiger partial charge in [-0.25, -0.2) is 9.37 Å². The molecule has 90 valence electrons. The van der Waals surface area contributed by atoms with Crippen molar-refractivity contribution in [3.63, 3.8) is 0 Å². The van der Waals surface area contributed by atoms with Crippen LogP contribution < -0.4 is 5.32 Å². The summed E-state index contributed by atoms with van der Waals surface area (Å²) in [5.74, 6) is 0.480. The summed E-state index contributed by atoms with van der Waals surface area (Å²) in [6.45, 7) is 4.83. The van der Waals surface area contributed by atoms with Gasteiger partial charge in [0, 0.05) is 11.9 Å². The van der Waals surface area contributed by atoms with Crippen molar-refractivity contribution in [2.75, 3.05) is 11.9 Å². The molecule has 17 heavy (non-hydrogen) atoms. The van der Waals surface area contributed by atoms with Crippen LogP contribution in [-0.2, 0) is 0 Å². The second kappa shape index (κ2) is 4.88. The van der Waals surface area contributed by atoms with Gasteiger partial charge in [-0.15, -0.1) is 0 Å². The molecule has 0 fully saturated rings. The van der Waals surface area contributed by atoms with E-state index in [0.29, 0.717) is 15.9 Å². The van der Waals surface area contributed by atoms with Crippen LogP contribution >= 0.6 is 11.6 Å². The first-order valence-electron chi connectivity index (χ1n) is 5.62. The van der Waals surface area contributed by atoms with Crippen molar-refractivity contribution in [3.05, 3.63) is 34.6 Å². The minimum Gasteiger partial charge on any atom is -0.370 e. The second-order valence-electron chi connectivity index (χ2n) is 4.01. The standard InChI is InChI=1S/C13H14ClFN2/c1-3-6-16-13-8(2)7-9-11(15)5-4-10(14)12(9)17-13/h4-5,7H,3,6H2,1-2H3,(H,16,17). The van der Waals surface area contributed by atoms with Crippen molar-refractivity contribution in [3.8, 4) is 0 Å². The number of hydrogen-bond acceptors (Lipinski definition) is 2. The molecular weight excluding hydrogens is 239 g/mol. The molecule has 2 nitrogen and oxygen atoms in total. The van der Waals surface area contributed by atoms with E-state index in [4.69, 9.17) is 11.6 Å². The van der Waals surface area contributed by atoms with E-state index in [1.54, 1.807) is 6.07 Å². The molecule has 0 amide bonds. The molecule has 0 saturated carbocycles. The lowest BCUT2D eigenvalue weighted by Gasteiger charge is -2.10. The molecule has 0 aliphatic carbocycles. The SMILES string of the molecule is CCCNc1nc2c(Cl)ccc(F)c2cc1C. The Labute approximate surface area is 105 Å². The summed E-state index contributed by atoms with van der Waals surface area (Å²) in [6, 6.07) is 4.68. The minimum atomic E-state index is -0.290. The number of fused-ring (bicyclic) bond motifs is 1. The van der Waals surface area contributed by atoms with E-state index in [2.05, 4.69) is 17.2 Å². The maximum absolute atomic E-state index is 13.6. The summed E-state index contributed by atoms with van der Waals surface area (Å²) in [5.41, 5.74) is 1.43. The van der Waals surface area contributed by atoms with Gasteiger partial charge in [0.15, 0.2) is 0 Å². The third-order valence-electron chi connectivity index (χ3n) is 2.62. The summed E-state index contributed by atoms with van der Waals surface area (Å²) in [7, 11) is 0. The number of halogens is 2. The predicted molar refractivity (Wildman–Crippen MR) is 70.2 cm³/mol. The molecule has 0 aliphatic rings. The number of aryl methyl sites for hydroxylation is 1. The Hall–Kier alpha value is -1.35. The van der Waals surface area contributed by atoms with Gasteiger partial charge in [-0.05, 0) is 37.1 Å². The number of benzene rings is 1. The number of nitrogens with zero attached hydrogens (tertiary/aromatic N) is 1. The number of nitrogens with one attached hydrogen (secondary N) is 1. The number of hydrogen-bond donors (Lipinski definition) is 1. The predicted octanol–water partition coefficient (Wildman–Crippen LogP) is 4.16. The smallest absolute Gasteiger partial charge is 0.132 e. The zero-order valence-corrected chi connectivity index (χ0v) is 10.6. The van der Waals surface area contributed by atoms with Crippen LogP contribution in [0.15, 0.2) is 18.2 Å². The average Bonchev–Trinajstić information content (AvgIpc) is 2.32. The number of aromatic nitrogens is 1. The van der Waals surface area contributed by atoms with Gasteiger partial charge in [0.25, 0.3) is 0 Å². The summed E-state index contributed by atoms with van der Waals surface area (Å²) in [5, 5.41) is 4.15. The normalized spacial score (nSPS) is 10.8. The van der Waals surface area contributed by atoms with Crippen LogP contribution in [0.4, 0.5) is 10.2 Å². The van der Waals surface area contributed by atoms with Gasteiger partial charge in [-0.3, -0.25) is 0 Å². The minimum absolute atomic E-state index is 0.290. The van der Waals surface area contributed by atoms with Gasteiger partial charge in [0.1, 0.15) is 11.6 Å². The summed E-state index contributed by atoms with van der Waals surface area (Å²) < 4.78 is 13.6. The van der Waals surface area contributed by atoms with E-state index in [9.17, 15) is 4.39 Å². The molecule has 4 heteroatoms. The lowest BCUT2D eigenvalue weighted by molar-refractivity contribution is 0.639. The second-order valence-corrected chi connectivity index (χ2v) is 4.41. The van der Waals surface area contributed by atoms with Crippen LogP contribution in [0.25, 0.3) is 10.9 Å². The molecule has 0 spiro atoms. The molecule has 1 N–H and O–H groups in total. The van der Waals surface area contributed by atoms with E-state index in [-0.39, 0.29) is 5.82 Å². The molecule has 1 heterocycles. The van der Waals surface area contributed by atoms with E-state index in [1.165, 1.54) is 12.1 Å². The Morgan fingerprint density at radius 2 is 2.18 bits per heavy atom. The van der Waals surface area contributed by atoms with Crippen molar-refractivity contribution in [2.45, 2.75) is 20.3 Å². The summed E-state index contributed by atoms with van der Waals surface area (Å²) in [6.07, 6.45) is 1.01. The van der Waals surface area contributed by atoms with E-state index < -0.39 is 0 Å². The average molecular weight is 253 g/mol. The van der Waals surface area contributed by atoms with Gasteiger partial charge in [-0.1, -0.05) is 18.5 Å². The van der Waals surface area contributed by atoms with Crippen molar-refractivity contribution in [2.24, 2.45) is 0 Å². The fourth-order valence-corrected chi connectivity index (χ4v) is 1.92. The van der Waals surface area contributed by atoms with Gasteiger partial charge >= 0.3 is 0 Å². The Kier molecular flexibility index (Phi) is 3.48. The molecule has 0 saturated heterocycles. The van der Waals surface area contributed by atoms with E-state index >= 15 is 0 Å². The van der Waals surface area contributed by atoms with Crippen LogP contribution in [0.1, 0.15) is 18.9 Å². The Balaban J connectivity index is 2.59. The lowest BCUT2D eigenvalue weighted by Crippen LogP contribution is -2.04. The molecule has 0 aliphatic heterocycles. The lowest BCUT2D eigenvalue weighted by atomic mass is 10.1. The molecule has 1 aromatic carbocycles. The zero-order chi connectivity index (χ0) is 12.4. The van der Waals surface area contributed by atoms with Crippen molar-refractivity contribution in [1.82, 2.24) is 4.98 Å². The highest BCUT2D eigenvalue weighted by Gasteiger charge is 2.09. The Morgan fingerprint density at radius 1 is 1.41 bits per heavy atom. The molecule has 1 aromatic heterocycles. The van der Waals surface area contributed by atoms with Crippen molar-refractivity contribution in [1.29, 1.82) is 0 Å². The van der Waals surface area contributed by atoms with Crippen LogP contribution in [0.2, 0.25) is 5.02 Å². The highest BCUT2D eigenvalue weighted by atomic mass is 35.5. The monoisotopic (exact) mass is 252 g/mol. The Morgan fingerprint density at radius 3 is 2.88 bits per heavy atom. The molecule has 0 bridgehead atoms. The van der Waals surface area contributed by atoms with Crippen molar-refractivity contribution < 1.29 is 4.39 Å². The first-order valence-corrected chi connectivity index (χ1v) is 6.00. The van der Waals surface area contributed by atoms with E-state index in [0.717, 1.165) is 24.3 Å². The van der Waals surface area contributed by atoms with Crippen LogP contribution in [0.5, 0.6) is 0 Å². The summed E-state index contributed by atoms with van der Waals surface area (Å²) in [4.78, 5) is 4.39. The third-order valence-corrected chi connectivity index (χ3v) is 2.92. The maximum Gasteiger partial charge on any atom is 0.132 e. The van der Waals surface area contributed by atoms with E-state index in [1.807, 2.05) is 6.92 Å². The molecule has 2 aromatic rings. The van der Waals surface area contributed by atoms with Gasteiger partial charge in [0.2, 0.25) is 0 Å². The first kappa shape index (κ1) is 12.1. The summed E-state index contributed by atoms with van der Waals surface area (Å²) >= 11 is 6.03. The van der Waals surface area contributed by atoms with Crippen molar-refractivity contribution >= 4 is 28.3 Å². The fourth-order valence-electron chi connectivity index (χ4n) is 1.71. The number of anilines is 1. The molecule has 0 unspecified atom stereocenters. The quantitative estimate of drug-likeness (QED) is 0.887. The largest absolute Gasteiger partial charge is 0.370 e. The molecule has 2 rings (SSSR count). The van der Waals surface area contributed by atoms with Crippen LogP contribution in [0.3, 0.4) is 0 Å². The van der Waals surface area contributed by atoms with Gasteiger partial charge < -0.3 is 5.32 Å². The van der Waals surface area contributed by atoms with Crippen LogP contribution in [0, 0.1) is 12.7 Å². The highest BCUT2D eigenvalue weighted by molar-refractivity contribution is 6.35. The van der Waals surface area contributed by atoms with Gasteiger partial charge in [-0.2, -0.15) is 0 Å².